The smallest absolute Gasteiger partial charge is 0.462 e. The van der Waals surface area contributed by atoms with Gasteiger partial charge in [0.05, 0.1) is 26.4 Å². The van der Waals surface area contributed by atoms with Crippen molar-refractivity contribution in [1.29, 1.82) is 0 Å². The number of aliphatic hydroxyl groups is 1. The molecule has 0 rings (SSSR count). The van der Waals surface area contributed by atoms with Crippen LogP contribution in [0.15, 0.2) is 97.2 Å². The molecule has 0 aliphatic carbocycles. The average Bonchev–Trinajstić information content (AvgIpc) is 0.902. The van der Waals surface area contributed by atoms with E-state index in [9.17, 15) is 43.2 Å². The molecule has 0 saturated carbocycles. The molecule has 2 unspecified atom stereocenters. The highest BCUT2D eigenvalue weighted by Crippen LogP contribution is 2.45. The Hall–Kier alpha value is -4.02. The maximum Gasteiger partial charge on any atom is 0.472 e. The highest BCUT2D eigenvalue weighted by atomic mass is 31.2. The molecule has 0 aromatic rings. The van der Waals surface area contributed by atoms with E-state index in [1.807, 2.05) is 24.3 Å². The van der Waals surface area contributed by atoms with Gasteiger partial charge in [-0.25, -0.2) is 9.13 Å². The van der Waals surface area contributed by atoms with Crippen molar-refractivity contribution in [3.8, 4) is 0 Å². The van der Waals surface area contributed by atoms with Crippen LogP contribution in [0.4, 0.5) is 0 Å². The number of ether oxygens (including phenoxy) is 4. The third-order valence-corrected chi connectivity index (χ3v) is 20.0. The Bertz CT molecular complexity index is 2380. The summed E-state index contributed by atoms with van der Waals surface area (Å²) in [5, 5.41) is 10.7. The summed E-state index contributed by atoms with van der Waals surface area (Å²) in [6, 6.07) is 0. The second kappa shape index (κ2) is 79.1. The number of unbranched alkanes of at least 4 members (excludes halogenated alkanes) is 38. The molecule has 0 aliphatic rings. The Morgan fingerprint density at radius 3 is 0.736 bits per heavy atom. The van der Waals surface area contributed by atoms with Gasteiger partial charge in [0.15, 0.2) is 12.2 Å². The Labute approximate surface area is 646 Å². The van der Waals surface area contributed by atoms with E-state index in [-0.39, 0.29) is 25.7 Å². The molecule has 3 N–H and O–H groups in total. The van der Waals surface area contributed by atoms with Crippen LogP contribution in [0.25, 0.3) is 0 Å². The Morgan fingerprint density at radius 1 is 0.264 bits per heavy atom. The van der Waals surface area contributed by atoms with Gasteiger partial charge in [-0.3, -0.25) is 37.3 Å². The SMILES string of the molecule is CCCCC/C=C\C/C=C\C/C=C\C/C=C\CCCC(=O)O[C@H](COC(=O)CCCCCCCCCCCCCCCCC)COP(=O)(O)OC[C@H](O)COP(=O)(O)OC[C@@H](COC(=O)CCCCCCCCCCCCCCCCCCC)OC(=O)CCC/C=C\C/C=C\C/C=C\C/C=C\CCCCC. The van der Waals surface area contributed by atoms with Crippen molar-refractivity contribution in [3.05, 3.63) is 97.2 Å². The van der Waals surface area contributed by atoms with E-state index in [4.69, 9.17) is 37.0 Å². The van der Waals surface area contributed by atoms with Gasteiger partial charge in [0.25, 0.3) is 0 Å². The van der Waals surface area contributed by atoms with Crippen LogP contribution >= 0.6 is 15.6 Å². The molecule has 0 heterocycles. The quantitative estimate of drug-likeness (QED) is 0.0169. The van der Waals surface area contributed by atoms with Crippen molar-refractivity contribution in [2.24, 2.45) is 0 Å². The Morgan fingerprint density at radius 2 is 0.472 bits per heavy atom. The predicted octanol–water partition coefficient (Wildman–Crippen LogP) is 25.1. The van der Waals surface area contributed by atoms with Crippen molar-refractivity contribution in [2.45, 2.75) is 393 Å². The molecule has 0 amide bonds. The lowest BCUT2D eigenvalue weighted by Gasteiger charge is -2.21. The van der Waals surface area contributed by atoms with Gasteiger partial charge >= 0.3 is 39.5 Å². The zero-order chi connectivity index (χ0) is 77.4. The molecule has 17 nitrogen and oxygen atoms in total. The summed E-state index contributed by atoms with van der Waals surface area (Å²) >= 11 is 0. The fourth-order valence-electron chi connectivity index (χ4n) is 11.6. The number of phosphoric acid groups is 2. The van der Waals surface area contributed by atoms with Gasteiger partial charge in [0, 0.05) is 25.7 Å². The van der Waals surface area contributed by atoms with Crippen LogP contribution in [0.3, 0.4) is 0 Å². The predicted molar refractivity (Wildman–Crippen MR) is 436 cm³/mol. The van der Waals surface area contributed by atoms with Crippen LogP contribution in [-0.2, 0) is 65.4 Å². The van der Waals surface area contributed by atoms with E-state index in [0.717, 1.165) is 89.9 Å². The van der Waals surface area contributed by atoms with Crippen molar-refractivity contribution < 1.29 is 80.2 Å². The number of aliphatic hydroxyl groups excluding tert-OH is 1. The van der Waals surface area contributed by atoms with E-state index in [0.29, 0.717) is 38.5 Å². The number of carbonyl (C=O) groups is 4. The minimum absolute atomic E-state index is 0.0201. The number of hydrogen-bond donors (Lipinski definition) is 3. The summed E-state index contributed by atoms with van der Waals surface area (Å²) in [5.41, 5.74) is 0. The van der Waals surface area contributed by atoms with Crippen LogP contribution in [-0.4, -0.2) is 96.7 Å². The third kappa shape index (κ3) is 78.1. The van der Waals surface area contributed by atoms with Gasteiger partial charge in [-0.15, -0.1) is 0 Å². The molecule has 0 saturated heterocycles. The summed E-state index contributed by atoms with van der Waals surface area (Å²) in [6.45, 7) is 4.77. The summed E-state index contributed by atoms with van der Waals surface area (Å²) in [6.07, 6.45) is 85.3. The monoisotopic (exact) mass is 1530 g/mol. The van der Waals surface area contributed by atoms with Crippen molar-refractivity contribution in [1.82, 2.24) is 0 Å². The molecule has 0 spiro atoms. The first-order valence-corrected chi connectivity index (χ1v) is 45.5. The van der Waals surface area contributed by atoms with Gasteiger partial charge in [-0.05, 0) is 103 Å². The van der Waals surface area contributed by atoms with E-state index >= 15 is 0 Å². The highest BCUT2D eigenvalue weighted by molar-refractivity contribution is 7.47. The molecule has 0 aromatic heterocycles. The summed E-state index contributed by atoms with van der Waals surface area (Å²) < 4.78 is 68.7. The second-order valence-electron chi connectivity index (χ2n) is 28.4. The third-order valence-electron chi connectivity index (χ3n) is 18.1. The number of hydrogen-bond acceptors (Lipinski definition) is 15. The molecule has 614 valence electrons. The fraction of sp³-hybridized carbons (Fsp3) is 0.770. The maximum atomic E-state index is 13.1. The molecule has 0 bridgehead atoms. The summed E-state index contributed by atoms with van der Waals surface area (Å²) in [4.78, 5) is 73.1. The van der Waals surface area contributed by atoms with Crippen LogP contribution in [0.5, 0.6) is 0 Å². The second-order valence-corrected chi connectivity index (χ2v) is 31.3. The number of rotatable bonds is 80. The Kier molecular flexibility index (Phi) is 76.1. The lowest BCUT2D eigenvalue weighted by molar-refractivity contribution is -0.161. The van der Waals surface area contributed by atoms with Gasteiger partial charge < -0.3 is 33.8 Å². The molecule has 0 aromatic carbocycles. The van der Waals surface area contributed by atoms with Crippen LogP contribution in [0.2, 0.25) is 0 Å². The first kappa shape index (κ1) is 102. The molecular formula is C87H154O17P2. The van der Waals surface area contributed by atoms with Crippen LogP contribution in [0.1, 0.15) is 374 Å². The minimum atomic E-state index is -5.00. The lowest BCUT2D eigenvalue weighted by atomic mass is 10.0. The molecule has 0 radical (unpaired) electrons. The van der Waals surface area contributed by atoms with E-state index in [2.05, 4.69) is 101 Å². The first-order chi connectivity index (χ1) is 51.7. The van der Waals surface area contributed by atoms with Crippen LogP contribution < -0.4 is 0 Å². The Balaban J connectivity index is 5.44. The topological polar surface area (TPSA) is 237 Å². The number of phosphoric ester groups is 2. The van der Waals surface area contributed by atoms with E-state index in [1.165, 1.54) is 193 Å². The standard InChI is InChI=1S/C87H154O17P2/c1-5-9-13-17-21-25-29-33-37-40-44-48-52-56-60-64-68-72-85(90)98-78-83(104-87(92)74-70-66-62-58-54-50-46-42-39-35-31-27-23-19-15-11-7-3)80-102-106(95,96)100-76-81(88)75-99-105(93,94)101-79-82(77-97-84(89)71-67-63-59-55-51-47-43-36-32-28-24-20-16-12-8-4)103-86(91)73-69-65-61-57-53-49-45-41-38-34-30-26-22-18-14-10-6-2/h22-23,26-27,34-35,38-39,45-46,49-50,57-58,61-62,81-83,88H,5-21,24-25,28-33,36-37,40-44,47-48,51-56,59-60,63-80H2,1-4H3,(H,93,94)(H,95,96)/b26-22-,27-23-,38-34-,39-35-,49-45-,50-46-,61-57-,62-58-/t81-,82+,83+/m0/s1. The van der Waals surface area contributed by atoms with Gasteiger partial charge in [-0.2, -0.15) is 0 Å². The molecule has 19 heteroatoms. The zero-order valence-corrected chi connectivity index (χ0v) is 69.1. The normalized spacial score (nSPS) is 14.3. The zero-order valence-electron chi connectivity index (χ0n) is 67.3. The molecule has 106 heavy (non-hydrogen) atoms. The average molecular weight is 1530 g/mol. The molecule has 5 atom stereocenters. The largest absolute Gasteiger partial charge is 0.472 e. The number of carbonyl (C=O) groups excluding carboxylic acids is 4. The van der Waals surface area contributed by atoms with E-state index in [1.54, 1.807) is 0 Å². The van der Waals surface area contributed by atoms with Gasteiger partial charge in [0.2, 0.25) is 0 Å². The fourth-order valence-corrected chi connectivity index (χ4v) is 13.1. The molecular weight excluding hydrogens is 1380 g/mol. The van der Waals surface area contributed by atoms with Gasteiger partial charge in [-0.1, -0.05) is 343 Å². The lowest BCUT2D eigenvalue weighted by Crippen LogP contribution is -2.30. The van der Waals surface area contributed by atoms with E-state index < -0.39 is 97.5 Å². The number of allylic oxidation sites excluding steroid dienone is 16. The minimum Gasteiger partial charge on any atom is -0.462 e. The maximum absolute atomic E-state index is 13.1. The molecule has 0 fully saturated rings. The van der Waals surface area contributed by atoms with Gasteiger partial charge in [0.1, 0.15) is 19.3 Å². The van der Waals surface area contributed by atoms with Crippen LogP contribution in [0, 0.1) is 0 Å². The molecule has 0 aliphatic heterocycles. The summed E-state index contributed by atoms with van der Waals surface area (Å²) in [7, 11) is -9.99. The number of esters is 4. The summed E-state index contributed by atoms with van der Waals surface area (Å²) in [5.74, 6) is -2.28. The first-order valence-electron chi connectivity index (χ1n) is 42.5. The highest BCUT2D eigenvalue weighted by Gasteiger charge is 2.30. The van der Waals surface area contributed by atoms with Crippen molar-refractivity contribution >= 4 is 39.5 Å². The van der Waals surface area contributed by atoms with Crippen molar-refractivity contribution in [3.63, 3.8) is 0 Å². The van der Waals surface area contributed by atoms with Crippen molar-refractivity contribution in [2.75, 3.05) is 39.6 Å².